The average Bonchev–Trinajstić information content (AvgIpc) is 2.74. The average molecular weight is 211 g/mol. The molecule has 1 aromatic heterocycles. The van der Waals surface area contributed by atoms with Crippen molar-refractivity contribution in [3.63, 3.8) is 0 Å². The summed E-state index contributed by atoms with van der Waals surface area (Å²) in [4.78, 5) is 0. The zero-order valence-electron chi connectivity index (χ0n) is 9.22. The van der Waals surface area contributed by atoms with Crippen molar-refractivity contribution in [2.45, 2.75) is 19.8 Å². The lowest BCUT2D eigenvalue weighted by molar-refractivity contribution is 0.791. The summed E-state index contributed by atoms with van der Waals surface area (Å²) < 4.78 is 1.94. The van der Waals surface area contributed by atoms with Crippen molar-refractivity contribution in [2.75, 3.05) is 0 Å². The van der Waals surface area contributed by atoms with E-state index in [1.165, 1.54) is 11.3 Å². The minimum absolute atomic E-state index is 0.953. The van der Waals surface area contributed by atoms with Crippen LogP contribution in [-0.4, -0.2) is 15.0 Å². The van der Waals surface area contributed by atoms with Crippen molar-refractivity contribution in [2.24, 2.45) is 0 Å². The van der Waals surface area contributed by atoms with E-state index in [4.69, 9.17) is 0 Å². The molecule has 0 fully saturated rings. The summed E-state index contributed by atoms with van der Waals surface area (Å²) >= 11 is 0. The first-order valence-electron chi connectivity index (χ1n) is 5.52. The summed E-state index contributed by atoms with van der Waals surface area (Å²) in [5, 5.41) is 8.38. The maximum Gasteiger partial charge on any atom is 0.113 e. The molecule has 0 radical (unpaired) electrons. The number of benzene rings is 1. The SMILES string of the molecule is CC1=CC=C(n2nnc3ccccc32)CC1. The second kappa shape index (κ2) is 3.59. The summed E-state index contributed by atoms with van der Waals surface area (Å²) in [5.41, 5.74) is 4.68. The first-order chi connectivity index (χ1) is 7.84. The van der Waals surface area contributed by atoms with Crippen LogP contribution in [-0.2, 0) is 0 Å². The lowest BCUT2D eigenvalue weighted by Crippen LogP contribution is -2.02. The molecule has 3 rings (SSSR count). The number of hydrogen-bond acceptors (Lipinski definition) is 2. The number of nitrogens with zero attached hydrogens (tertiary/aromatic N) is 3. The highest BCUT2D eigenvalue weighted by atomic mass is 15.4. The first kappa shape index (κ1) is 9.33. The van der Waals surface area contributed by atoms with Crippen molar-refractivity contribution in [1.29, 1.82) is 0 Å². The van der Waals surface area contributed by atoms with Crippen LogP contribution in [0.4, 0.5) is 0 Å². The second-order valence-corrected chi connectivity index (χ2v) is 4.16. The van der Waals surface area contributed by atoms with Crippen LogP contribution in [0.15, 0.2) is 42.0 Å². The Morgan fingerprint density at radius 2 is 2.00 bits per heavy atom. The number of hydrogen-bond donors (Lipinski definition) is 0. The Bertz CT molecular complexity index is 590. The Kier molecular flexibility index (Phi) is 2.10. The molecular weight excluding hydrogens is 198 g/mol. The van der Waals surface area contributed by atoms with Gasteiger partial charge in [-0.25, -0.2) is 4.68 Å². The van der Waals surface area contributed by atoms with Gasteiger partial charge in [-0.05, 0) is 38.0 Å². The van der Waals surface area contributed by atoms with Crippen LogP contribution < -0.4 is 0 Å². The van der Waals surface area contributed by atoms with Crippen molar-refractivity contribution in [3.05, 3.63) is 42.0 Å². The van der Waals surface area contributed by atoms with Gasteiger partial charge in [0.1, 0.15) is 5.52 Å². The van der Waals surface area contributed by atoms with E-state index in [2.05, 4.69) is 35.5 Å². The zero-order valence-corrected chi connectivity index (χ0v) is 9.22. The van der Waals surface area contributed by atoms with Gasteiger partial charge in [0.2, 0.25) is 0 Å². The molecule has 16 heavy (non-hydrogen) atoms. The topological polar surface area (TPSA) is 30.7 Å². The summed E-state index contributed by atoms with van der Waals surface area (Å²) in [7, 11) is 0. The molecule has 80 valence electrons. The van der Waals surface area contributed by atoms with E-state index >= 15 is 0 Å². The van der Waals surface area contributed by atoms with Gasteiger partial charge in [0.05, 0.1) is 5.52 Å². The van der Waals surface area contributed by atoms with Gasteiger partial charge in [-0.2, -0.15) is 0 Å². The maximum atomic E-state index is 4.21. The second-order valence-electron chi connectivity index (χ2n) is 4.16. The molecule has 1 aromatic carbocycles. The fourth-order valence-electron chi connectivity index (χ4n) is 1.99. The van der Waals surface area contributed by atoms with Crippen LogP contribution in [0.3, 0.4) is 0 Å². The molecule has 0 amide bonds. The molecule has 0 spiro atoms. The molecule has 0 N–H and O–H groups in total. The lowest BCUT2D eigenvalue weighted by Gasteiger charge is -2.11. The van der Waals surface area contributed by atoms with Crippen LogP contribution in [0.5, 0.6) is 0 Å². The minimum atomic E-state index is 0.953. The standard InChI is InChI=1S/C13H13N3/c1-10-6-8-11(9-7-10)16-13-5-3-2-4-12(13)14-15-16/h2-6,8H,7,9H2,1H3. The molecule has 1 heterocycles. The van der Waals surface area contributed by atoms with Gasteiger partial charge in [0.25, 0.3) is 0 Å². The number of fused-ring (bicyclic) bond motifs is 1. The third kappa shape index (κ3) is 1.45. The Labute approximate surface area is 94.1 Å². The van der Waals surface area contributed by atoms with E-state index in [-0.39, 0.29) is 0 Å². The highest BCUT2D eigenvalue weighted by Crippen LogP contribution is 2.23. The summed E-state index contributed by atoms with van der Waals surface area (Å²) in [6.07, 6.45) is 6.45. The van der Waals surface area contributed by atoms with Gasteiger partial charge >= 0.3 is 0 Å². The minimum Gasteiger partial charge on any atom is -0.217 e. The van der Waals surface area contributed by atoms with Crippen LogP contribution >= 0.6 is 0 Å². The van der Waals surface area contributed by atoms with E-state index in [9.17, 15) is 0 Å². The first-order valence-corrected chi connectivity index (χ1v) is 5.52. The van der Waals surface area contributed by atoms with Gasteiger partial charge in [-0.15, -0.1) is 5.10 Å². The Morgan fingerprint density at radius 1 is 1.12 bits per heavy atom. The Hall–Kier alpha value is -1.90. The van der Waals surface area contributed by atoms with Gasteiger partial charge in [-0.1, -0.05) is 29.0 Å². The molecule has 0 aliphatic heterocycles. The molecule has 1 aliphatic carbocycles. The van der Waals surface area contributed by atoms with E-state index < -0.39 is 0 Å². The van der Waals surface area contributed by atoms with Crippen LogP contribution in [0.25, 0.3) is 16.7 Å². The Morgan fingerprint density at radius 3 is 2.81 bits per heavy atom. The van der Waals surface area contributed by atoms with E-state index in [0.717, 1.165) is 23.9 Å². The van der Waals surface area contributed by atoms with Crippen LogP contribution in [0, 0.1) is 0 Å². The van der Waals surface area contributed by atoms with Gasteiger partial charge in [0, 0.05) is 5.70 Å². The summed E-state index contributed by atoms with van der Waals surface area (Å²) in [5.74, 6) is 0. The van der Waals surface area contributed by atoms with Crippen molar-refractivity contribution in [3.8, 4) is 0 Å². The van der Waals surface area contributed by atoms with Crippen molar-refractivity contribution < 1.29 is 0 Å². The fourth-order valence-corrected chi connectivity index (χ4v) is 1.99. The molecular formula is C13H13N3. The quantitative estimate of drug-likeness (QED) is 0.726. The maximum absolute atomic E-state index is 4.21. The molecule has 0 atom stereocenters. The van der Waals surface area contributed by atoms with Crippen molar-refractivity contribution >= 4 is 16.7 Å². The van der Waals surface area contributed by atoms with E-state index in [0.29, 0.717) is 0 Å². The highest BCUT2D eigenvalue weighted by molar-refractivity contribution is 5.78. The van der Waals surface area contributed by atoms with Gasteiger partial charge in [-0.3, -0.25) is 0 Å². The largest absolute Gasteiger partial charge is 0.217 e. The molecule has 0 bridgehead atoms. The van der Waals surface area contributed by atoms with E-state index in [1.54, 1.807) is 0 Å². The molecule has 2 aromatic rings. The van der Waals surface area contributed by atoms with Gasteiger partial charge in [0.15, 0.2) is 0 Å². The van der Waals surface area contributed by atoms with E-state index in [1.807, 2.05) is 22.9 Å². The molecule has 0 saturated heterocycles. The predicted molar refractivity (Wildman–Crippen MR) is 64.8 cm³/mol. The van der Waals surface area contributed by atoms with Gasteiger partial charge < -0.3 is 0 Å². The van der Waals surface area contributed by atoms with Crippen LogP contribution in [0.2, 0.25) is 0 Å². The zero-order chi connectivity index (χ0) is 11.0. The normalized spacial score (nSPS) is 16.1. The summed E-state index contributed by atoms with van der Waals surface area (Å²) in [6.45, 7) is 2.16. The molecule has 0 unspecified atom stereocenters. The monoisotopic (exact) mass is 211 g/mol. The molecule has 3 heteroatoms. The third-order valence-electron chi connectivity index (χ3n) is 2.96. The van der Waals surface area contributed by atoms with Crippen LogP contribution in [0.1, 0.15) is 19.8 Å². The fraction of sp³-hybridized carbons (Fsp3) is 0.231. The number of aromatic nitrogens is 3. The molecule has 3 nitrogen and oxygen atoms in total. The number of para-hydroxylation sites is 1. The van der Waals surface area contributed by atoms with Crippen molar-refractivity contribution in [1.82, 2.24) is 15.0 Å². The third-order valence-corrected chi connectivity index (χ3v) is 2.96. The molecule has 1 aliphatic rings. The summed E-state index contributed by atoms with van der Waals surface area (Å²) in [6, 6.07) is 8.05. The highest BCUT2D eigenvalue weighted by Gasteiger charge is 2.10. The predicted octanol–water partition coefficient (Wildman–Crippen LogP) is 3.01. The Balaban J connectivity index is 2.13. The molecule has 0 saturated carbocycles. The number of allylic oxidation sites excluding steroid dienone is 4. The smallest absolute Gasteiger partial charge is 0.113 e. The lowest BCUT2D eigenvalue weighted by atomic mass is 10.0. The number of rotatable bonds is 1.